The molecule has 0 aromatic carbocycles. The summed E-state index contributed by atoms with van der Waals surface area (Å²) in [5.41, 5.74) is -0.266. The largest absolute Gasteiger partial charge is 0.387 e. The third kappa shape index (κ3) is 1.95. The number of hydrogen-bond acceptors (Lipinski definition) is 4. The fourth-order valence-corrected chi connectivity index (χ4v) is 1.78. The van der Waals surface area contributed by atoms with Crippen LogP contribution in [0.15, 0.2) is 11.0 Å². The van der Waals surface area contributed by atoms with Crippen molar-refractivity contribution in [2.24, 2.45) is 0 Å². The molecule has 0 saturated carbocycles. The van der Waals surface area contributed by atoms with E-state index in [9.17, 15) is 14.3 Å². The van der Waals surface area contributed by atoms with Crippen LogP contribution in [0.5, 0.6) is 0 Å². The molecule has 2 N–H and O–H groups in total. The Morgan fingerprint density at radius 1 is 1.71 bits per heavy atom. The van der Waals surface area contributed by atoms with Gasteiger partial charge in [0.1, 0.15) is 23.6 Å². The van der Waals surface area contributed by atoms with Crippen LogP contribution in [0.25, 0.3) is 0 Å². The van der Waals surface area contributed by atoms with Crippen LogP contribution in [0.3, 0.4) is 0 Å². The second-order valence-corrected chi connectivity index (χ2v) is 3.85. The number of rotatable bonds is 1. The number of aromatic amines is 1. The molecule has 6 heteroatoms. The number of nitrogens with one attached hydrogen (secondary N) is 1. The maximum atomic E-state index is 13.8. The molecule has 0 amide bonds. The molecule has 1 unspecified atom stereocenters. The average Bonchev–Trinajstić information content (AvgIpc) is 2.57. The van der Waals surface area contributed by atoms with Crippen molar-refractivity contribution < 1.29 is 14.2 Å². The van der Waals surface area contributed by atoms with Gasteiger partial charge in [-0.2, -0.15) is 0 Å². The summed E-state index contributed by atoms with van der Waals surface area (Å²) in [5, 5.41) is 9.46. The Morgan fingerprint density at radius 3 is 2.94 bits per heavy atom. The number of hydrogen-bond donors (Lipinski definition) is 2. The number of aliphatic hydroxyl groups is 1. The maximum absolute atomic E-state index is 13.8. The van der Waals surface area contributed by atoms with Crippen LogP contribution in [-0.2, 0) is 4.74 Å². The molecule has 4 atom stereocenters. The second kappa shape index (κ2) is 4.28. The van der Waals surface area contributed by atoms with E-state index in [2.05, 4.69) is 15.9 Å². The van der Waals surface area contributed by atoms with Crippen molar-refractivity contribution in [2.75, 3.05) is 0 Å². The first-order valence-corrected chi connectivity index (χ1v) is 5.08. The molecule has 1 saturated heterocycles. The first-order chi connectivity index (χ1) is 8.04. The monoisotopic (exact) mass is 238 g/mol. The highest BCUT2D eigenvalue weighted by molar-refractivity contribution is 5.31. The van der Waals surface area contributed by atoms with E-state index < -0.39 is 30.0 Å². The molecule has 2 rings (SSSR count). The van der Waals surface area contributed by atoms with E-state index in [0.717, 1.165) is 6.20 Å². The lowest BCUT2D eigenvalue weighted by molar-refractivity contribution is 0.0191. The predicted molar refractivity (Wildman–Crippen MR) is 57.0 cm³/mol. The van der Waals surface area contributed by atoms with Crippen molar-refractivity contribution in [1.82, 2.24) is 9.97 Å². The predicted octanol–water partition coefficient (Wildman–Crippen LogP) is -0.0900. The van der Waals surface area contributed by atoms with Crippen LogP contribution in [0, 0.1) is 12.3 Å². The first-order valence-electron chi connectivity index (χ1n) is 5.08. The third-order valence-electron chi connectivity index (χ3n) is 2.70. The van der Waals surface area contributed by atoms with Crippen molar-refractivity contribution in [3.05, 3.63) is 27.9 Å². The van der Waals surface area contributed by atoms with E-state index >= 15 is 0 Å². The van der Waals surface area contributed by atoms with Gasteiger partial charge in [-0.3, -0.25) is 4.79 Å². The van der Waals surface area contributed by atoms with E-state index in [1.807, 2.05) is 0 Å². The normalized spacial score (nSPS) is 32.4. The summed E-state index contributed by atoms with van der Waals surface area (Å²) in [4.78, 5) is 17.2. The Labute approximate surface area is 96.7 Å². The summed E-state index contributed by atoms with van der Waals surface area (Å²) in [6.45, 7) is 1.55. The van der Waals surface area contributed by atoms with Gasteiger partial charge < -0.3 is 14.8 Å². The minimum absolute atomic E-state index is 0.0754. The minimum atomic E-state index is -1.62. The van der Waals surface area contributed by atoms with E-state index in [-0.39, 0.29) is 11.4 Å². The van der Waals surface area contributed by atoms with Gasteiger partial charge in [-0.1, -0.05) is 5.92 Å². The van der Waals surface area contributed by atoms with Crippen LogP contribution >= 0.6 is 0 Å². The lowest BCUT2D eigenvalue weighted by Gasteiger charge is -2.13. The molecule has 90 valence electrons. The quantitative estimate of drug-likeness (QED) is 0.670. The molecule has 1 aromatic heterocycles. The van der Waals surface area contributed by atoms with Gasteiger partial charge in [0.15, 0.2) is 6.17 Å². The molecule has 1 aromatic rings. The van der Waals surface area contributed by atoms with Crippen molar-refractivity contribution in [3.63, 3.8) is 0 Å². The number of aromatic nitrogens is 2. The maximum Gasteiger partial charge on any atom is 0.267 e. The zero-order valence-corrected chi connectivity index (χ0v) is 9.05. The molecule has 1 fully saturated rings. The molecule has 2 heterocycles. The Balaban J connectivity index is 2.42. The molecule has 0 bridgehead atoms. The molecule has 1 aliphatic rings. The Kier molecular flexibility index (Phi) is 2.96. The molecular weight excluding hydrogens is 227 g/mol. The van der Waals surface area contributed by atoms with Gasteiger partial charge in [0.2, 0.25) is 0 Å². The van der Waals surface area contributed by atoms with Gasteiger partial charge in [-0.25, -0.2) is 9.37 Å². The highest BCUT2D eigenvalue weighted by atomic mass is 19.1. The Hall–Kier alpha value is -1.71. The fraction of sp³-hybridized carbons (Fsp3) is 0.455. The molecule has 1 aliphatic heterocycles. The topological polar surface area (TPSA) is 75.2 Å². The summed E-state index contributed by atoms with van der Waals surface area (Å²) < 4.78 is 19.0. The first kappa shape index (κ1) is 11.8. The molecule has 0 spiro atoms. The zero-order chi connectivity index (χ0) is 12.6. The molecule has 0 radical (unpaired) electrons. The summed E-state index contributed by atoms with van der Waals surface area (Å²) >= 11 is 0. The third-order valence-corrected chi connectivity index (χ3v) is 2.70. The summed E-state index contributed by atoms with van der Waals surface area (Å²) in [6, 6.07) is 0. The number of halogens is 1. The number of ether oxygens (including phenoxy) is 1. The number of alkyl halides is 1. The van der Waals surface area contributed by atoms with Crippen LogP contribution in [-0.4, -0.2) is 33.5 Å². The van der Waals surface area contributed by atoms with Gasteiger partial charge in [0.05, 0.1) is 12.3 Å². The van der Waals surface area contributed by atoms with Gasteiger partial charge in [0.25, 0.3) is 5.56 Å². The van der Waals surface area contributed by atoms with Gasteiger partial charge in [-0.05, 0) is 6.92 Å². The van der Waals surface area contributed by atoms with Crippen molar-refractivity contribution in [2.45, 2.75) is 31.4 Å². The molecule has 0 aliphatic carbocycles. The van der Waals surface area contributed by atoms with Gasteiger partial charge in [0, 0.05) is 0 Å². The lowest BCUT2D eigenvalue weighted by atomic mass is 10.1. The SMILES string of the molecule is C#Cc1[nH]c(=O)cnc1[C@@H]1O[C@H](C)C(O)[C@@H]1F. The van der Waals surface area contributed by atoms with Crippen LogP contribution in [0.2, 0.25) is 0 Å². The van der Waals surface area contributed by atoms with Crippen LogP contribution in [0.4, 0.5) is 4.39 Å². The van der Waals surface area contributed by atoms with E-state index in [1.54, 1.807) is 6.92 Å². The number of terminal acetylenes is 1. The second-order valence-electron chi connectivity index (χ2n) is 3.85. The zero-order valence-electron chi connectivity index (χ0n) is 9.05. The highest BCUT2D eigenvalue weighted by Gasteiger charge is 2.44. The Bertz CT molecular complexity index is 522. The Morgan fingerprint density at radius 2 is 2.41 bits per heavy atom. The van der Waals surface area contributed by atoms with Gasteiger partial charge >= 0.3 is 0 Å². The van der Waals surface area contributed by atoms with Crippen molar-refractivity contribution in [3.8, 4) is 12.3 Å². The summed E-state index contributed by atoms with van der Waals surface area (Å²) in [7, 11) is 0. The lowest BCUT2D eigenvalue weighted by Crippen LogP contribution is -2.26. The smallest absolute Gasteiger partial charge is 0.267 e. The van der Waals surface area contributed by atoms with E-state index in [4.69, 9.17) is 11.2 Å². The number of H-pyrrole nitrogens is 1. The van der Waals surface area contributed by atoms with Gasteiger partial charge in [-0.15, -0.1) is 6.42 Å². The summed E-state index contributed by atoms with van der Waals surface area (Å²) in [5.74, 6) is 2.22. The minimum Gasteiger partial charge on any atom is -0.387 e. The summed E-state index contributed by atoms with van der Waals surface area (Å²) in [6.07, 6.45) is 1.67. The number of nitrogens with zero attached hydrogens (tertiary/aromatic N) is 1. The van der Waals surface area contributed by atoms with Crippen LogP contribution in [0.1, 0.15) is 24.4 Å². The highest BCUT2D eigenvalue weighted by Crippen LogP contribution is 2.35. The average molecular weight is 238 g/mol. The van der Waals surface area contributed by atoms with Crippen molar-refractivity contribution >= 4 is 0 Å². The fourth-order valence-electron chi connectivity index (χ4n) is 1.78. The van der Waals surface area contributed by atoms with E-state index in [0.29, 0.717) is 0 Å². The standard InChI is InChI=1S/C11H11FN2O3/c1-3-6-9(13-4-7(15)14-6)11-8(12)10(16)5(2)17-11/h1,4-5,8,10-11,16H,2H3,(H,14,15)/t5-,8+,10?,11-/m1/s1. The van der Waals surface area contributed by atoms with Crippen molar-refractivity contribution in [1.29, 1.82) is 0 Å². The van der Waals surface area contributed by atoms with Crippen LogP contribution < -0.4 is 5.56 Å². The molecule has 17 heavy (non-hydrogen) atoms. The van der Waals surface area contributed by atoms with E-state index in [1.165, 1.54) is 0 Å². The molecular formula is C11H11FN2O3. The number of aliphatic hydroxyl groups excluding tert-OH is 1. The molecule has 5 nitrogen and oxygen atoms in total.